The van der Waals surface area contributed by atoms with Crippen molar-refractivity contribution in [1.29, 1.82) is 0 Å². The summed E-state index contributed by atoms with van der Waals surface area (Å²) in [5.41, 5.74) is 2.31. The fourth-order valence-electron chi connectivity index (χ4n) is 2.82. The van der Waals surface area contributed by atoms with Crippen molar-refractivity contribution in [2.75, 3.05) is 33.7 Å². The Balaban J connectivity index is 1.68. The molecule has 0 saturated carbocycles. The number of rotatable bonds is 4. The van der Waals surface area contributed by atoms with E-state index in [1.807, 2.05) is 31.1 Å². The number of nitrogens with one attached hydrogen (secondary N) is 1. The first-order chi connectivity index (χ1) is 10.7. The van der Waals surface area contributed by atoms with E-state index in [1.54, 1.807) is 0 Å². The molecule has 3 nitrogen and oxygen atoms in total. The van der Waals surface area contributed by atoms with Crippen LogP contribution in [0.5, 0.6) is 0 Å². The topological polar surface area (TPSA) is 18.5 Å². The van der Waals surface area contributed by atoms with E-state index in [1.165, 1.54) is 29.2 Å². The van der Waals surface area contributed by atoms with Crippen molar-refractivity contribution in [3.63, 3.8) is 0 Å². The highest BCUT2D eigenvalue weighted by molar-refractivity contribution is 8.00. The van der Waals surface area contributed by atoms with Gasteiger partial charge in [0.15, 0.2) is 0 Å². The van der Waals surface area contributed by atoms with E-state index in [9.17, 15) is 4.39 Å². The second-order valence-electron chi connectivity index (χ2n) is 5.81. The number of hydrogen-bond acceptors (Lipinski definition) is 4. The minimum Gasteiger partial charge on any atom is -0.364 e. The van der Waals surface area contributed by atoms with Crippen LogP contribution in [0, 0.1) is 5.82 Å². The maximum Gasteiger partial charge on any atom is 0.123 e. The highest BCUT2D eigenvalue weighted by Crippen LogP contribution is 2.32. The van der Waals surface area contributed by atoms with Crippen LogP contribution in [-0.2, 0) is 0 Å². The van der Waals surface area contributed by atoms with Gasteiger partial charge in [-0.05, 0) is 54.8 Å². The minimum atomic E-state index is -0.187. The van der Waals surface area contributed by atoms with Crippen molar-refractivity contribution in [1.82, 2.24) is 14.5 Å². The van der Waals surface area contributed by atoms with E-state index in [-0.39, 0.29) is 5.82 Å². The summed E-state index contributed by atoms with van der Waals surface area (Å²) in [5.74, 6) is -0.187. The molecule has 0 radical (unpaired) electrons. The fourth-order valence-corrected chi connectivity index (χ4v) is 3.86. The lowest BCUT2D eigenvalue weighted by atomic mass is 10.0. The molecule has 3 rings (SSSR count). The summed E-state index contributed by atoms with van der Waals surface area (Å²) in [6.45, 7) is 3.06. The summed E-state index contributed by atoms with van der Waals surface area (Å²) in [6.07, 6.45) is 5.53. The molecule has 118 valence electrons. The molecule has 2 aliphatic heterocycles. The van der Waals surface area contributed by atoms with Gasteiger partial charge in [-0.2, -0.15) is 0 Å². The monoisotopic (exact) mass is 319 g/mol. The molecular weight excluding hydrogens is 297 g/mol. The van der Waals surface area contributed by atoms with Crippen LogP contribution in [0.1, 0.15) is 12.0 Å². The first-order valence-corrected chi connectivity index (χ1v) is 8.41. The van der Waals surface area contributed by atoms with E-state index >= 15 is 0 Å². The number of hydrogen-bond donors (Lipinski definition) is 1. The third-order valence-electron chi connectivity index (χ3n) is 4.21. The smallest absolute Gasteiger partial charge is 0.123 e. The number of likely N-dealkylation sites (N-methyl/N-ethyl adjacent to an activating group) is 2. The van der Waals surface area contributed by atoms with Gasteiger partial charge in [0.2, 0.25) is 0 Å². The Labute approximate surface area is 136 Å². The number of benzene rings is 1. The molecule has 1 saturated heterocycles. The predicted molar refractivity (Wildman–Crippen MR) is 91.7 cm³/mol. The van der Waals surface area contributed by atoms with Gasteiger partial charge in [0, 0.05) is 32.7 Å². The van der Waals surface area contributed by atoms with E-state index in [2.05, 4.69) is 33.7 Å². The second-order valence-corrected chi connectivity index (χ2v) is 6.93. The van der Waals surface area contributed by atoms with Gasteiger partial charge in [0.1, 0.15) is 5.82 Å². The highest BCUT2D eigenvalue weighted by Gasteiger charge is 2.24. The Morgan fingerprint density at radius 2 is 2.00 bits per heavy atom. The summed E-state index contributed by atoms with van der Waals surface area (Å²) in [4.78, 5) is 2.26. The van der Waals surface area contributed by atoms with E-state index in [4.69, 9.17) is 0 Å². The first kappa shape index (κ1) is 15.6. The van der Waals surface area contributed by atoms with Crippen molar-refractivity contribution in [2.24, 2.45) is 0 Å². The molecule has 22 heavy (non-hydrogen) atoms. The van der Waals surface area contributed by atoms with Gasteiger partial charge in [-0.25, -0.2) is 8.70 Å². The number of nitrogens with zero attached hydrogens (tertiary/aromatic N) is 2. The van der Waals surface area contributed by atoms with Crippen molar-refractivity contribution >= 4 is 17.5 Å². The van der Waals surface area contributed by atoms with Crippen LogP contribution in [-0.4, -0.2) is 49.0 Å². The van der Waals surface area contributed by atoms with Crippen LogP contribution in [0.25, 0.3) is 5.57 Å². The summed E-state index contributed by atoms with van der Waals surface area (Å²) >= 11 is 1.83. The maximum atomic E-state index is 13.0. The molecule has 2 heterocycles. The predicted octanol–water partition coefficient (Wildman–Crippen LogP) is 2.94. The molecule has 1 atom stereocenters. The zero-order chi connectivity index (χ0) is 15.5. The molecule has 0 bridgehead atoms. The van der Waals surface area contributed by atoms with Crippen molar-refractivity contribution < 1.29 is 4.39 Å². The fraction of sp³-hybridized carbons (Fsp3) is 0.412. The Kier molecular flexibility index (Phi) is 4.86. The largest absolute Gasteiger partial charge is 0.364 e. The van der Waals surface area contributed by atoms with Crippen LogP contribution >= 0.6 is 11.9 Å². The molecule has 0 aromatic heterocycles. The van der Waals surface area contributed by atoms with Crippen molar-refractivity contribution in [2.45, 2.75) is 12.5 Å². The normalized spacial score (nSPS) is 22.7. The molecule has 0 aliphatic carbocycles. The summed E-state index contributed by atoms with van der Waals surface area (Å²) in [5, 5.41) is 4.61. The molecule has 1 fully saturated rings. The van der Waals surface area contributed by atoms with Gasteiger partial charge < -0.3 is 10.2 Å². The molecule has 2 aliphatic rings. The summed E-state index contributed by atoms with van der Waals surface area (Å²) in [7, 11) is 4.14. The van der Waals surface area contributed by atoms with Gasteiger partial charge in [-0.15, -0.1) is 0 Å². The number of halogens is 1. The zero-order valence-corrected chi connectivity index (χ0v) is 13.9. The lowest BCUT2D eigenvalue weighted by Crippen LogP contribution is -2.28. The van der Waals surface area contributed by atoms with Crippen LogP contribution in [0.15, 0.2) is 41.4 Å². The molecular formula is C17H22FN3S. The van der Waals surface area contributed by atoms with Crippen molar-refractivity contribution in [3.05, 3.63) is 52.8 Å². The van der Waals surface area contributed by atoms with Crippen LogP contribution in [0.2, 0.25) is 0 Å². The van der Waals surface area contributed by atoms with E-state index < -0.39 is 0 Å². The van der Waals surface area contributed by atoms with Gasteiger partial charge in [0.25, 0.3) is 0 Å². The average molecular weight is 319 g/mol. The SMILES string of the molecule is CNC1CCN(SC2=CC=C(c3ccc(F)cc3)CN2C)C1. The third kappa shape index (κ3) is 3.54. The van der Waals surface area contributed by atoms with E-state index in [0.717, 1.165) is 25.2 Å². The quantitative estimate of drug-likeness (QED) is 0.860. The van der Waals surface area contributed by atoms with E-state index in [0.29, 0.717) is 6.04 Å². The number of allylic oxidation sites excluding steroid dienone is 2. The van der Waals surface area contributed by atoms with Gasteiger partial charge >= 0.3 is 0 Å². The third-order valence-corrected chi connectivity index (χ3v) is 5.43. The molecule has 1 N–H and O–H groups in total. The van der Waals surface area contributed by atoms with Crippen LogP contribution in [0.3, 0.4) is 0 Å². The lowest BCUT2D eigenvalue weighted by Gasteiger charge is -2.29. The van der Waals surface area contributed by atoms with Crippen LogP contribution in [0.4, 0.5) is 4.39 Å². The lowest BCUT2D eigenvalue weighted by molar-refractivity contribution is 0.488. The van der Waals surface area contributed by atoms with Gasteiger partial charge in [-0.1, -0.05) is 18.2 Å². The standard InChI is InChI=1S/C17H22FN3S/c1-19-16-9-10-21(12-16)22-17-8-5-14(11-20(17)2)13-3-6-15(18)7-4-13/h3-8,16,19H,9-12H2,1-2H3. The van der Waals surface area contributed by atoms with Crippen molar-refractivity contribution in [3.8, 4) is 0 Å². The molecule has 1 aromatic rings. The molecule has 1 aromatic carbocycles. The van der Waals surface area contributed by atoms with Gasteiger partial charge in [0.05, 0.1) is 5.03 Å². The van der Waals surface area contributed by atoms with Crippen LogP contribution < -0.4 is 5.32 Å². The average Bonchev–Trinajstić information content (AvgIpc) is 2.98. The maximum absolute atomic E-state index is 13.0. The first-order valence-electron chi connectivity index (χ1n) is 7.64. The Bertz CT molecular complexity index is 582. The molecule has 5 heteroatoms. The Morgan fingerprint density at radius 1 is 1.23 bits per heavy atom. The highest BCUT2D eigenvalue weighted by atomic mass is 32.2. The second kappa shape index (κ2) is 6.86. The molecule has 1 unspecified atom stereocenters. The minimum absolute atomic E-state index is 0.187. The molecule has 0 amide bonds. The Hall–Kier alpha value is -1.30. The Morgan fingerprint density at radius 3 is 2.64 bits per heavy atom. The summed E-state index contributed by atoms with van der Waals surface area (Å²) in [6, 6.07) is 7.34. The van der Waals surface area contributed by atoms with Gasteiger partial charge in [-0.3, -0.25) is 0 Å². The summed E-state index contributed by atoms with van der Waals surface area (Å²) < 4.78 is 15.4. The zero-order valence-electron chi connectivity index (χ0n) is 13.1. The molecule has 0 spiro atoms.